The van der Waals surface area contributed by atoms with Crippen LogP contribution in [0.2, 0.25) is 0 Å². The Kier molecular flexibility index (Phi) is 6.11. The minimum Gasteiger partial charge on any atom is -0.510 e. The fourth-order valence-corrected chi connectivity index (χ4v) is 4.56. The van der Waals surface area contributed by atoms with Crippen molar-refractivity contribution in [3.05, 3.63) is 94.6 Å². The maximum absolute atomic E-state index is 13.2. The predicted molar refractivity (Wildman–Crippen MR) is 132 cm³/mol. The molecular weight excluding hydrogens is 468 g/mol. The highest BCUT2D eigenvalue weighted by atomic mass is 32.2. The second kappa shape index (κ2) is 9.51. The van der Waals surface area contributed by atoms with Gasteiger partial charge in [0.25, 0.3) is 5.56 Å². The summed E-state index contributed by atoms with van der Waals surface area (Å²) in [5, 5.41) is 11.8. The number of furan rings is 1. The molecule has 0 aliphatic heterocycles. The molecule has 5 rings (SSSR count). The number of carbonyl (C=O) groups is 1. The number of aromatic nitrogens is 4. The number of H-pyrrole nitrogens is 1. The van der Waals surface area contributed by atoms with E-state index in [0.717, 1.165) is 11.8 Å². The van der Waals surface area contributed by atoms with E-state index >= 15 is 0 Å². The summed E-state index contributed by atoms with van der Waals surface area (Å²) in [5.74, 6) is -0.266. The number of nitrogens with zero attached hydrogens (tertiary/aromatic N) is 3. The number of carbonyl (C=O) groups excluding carboxylic acids is 1. The second-order valence-electron chi connectivity index (χ2n) is 7.59. The van der Waals surface area contributed by atoms with Crippen LogP contribution in [0.3, 0.4) is 0 Å². The number of ether oxygens (including phenoxy) is 1. The van der Waals surface area contributed by atoms with Gasteiger partial charge in [0.15, 0.2) is 5.16 Å². The van der Waals surface area contributed by atoms with Gasteiger partial charge in [-0.25, -0.2) is 14.8 Å². The summed E-state index contributed by atoms with van der Waals surface area (Å²) in [7, 11) is 1.23. The maximum atomic E-state index is 13.2. The Morgan fingerprint density at radius 2 is 1.86 bits per heavy atom. The van der Waals surface area contributed by atoms with Gasteiger partial charge >= 0.3 is 5.97 Å². The highest BCUT2D eigenvalue weighted by molar-refractivity contribution is 7.99. The van der Waals surface area contributed by atoms with E-state index in [4.69, 9.17) is 9.15 Å². The van der Waals surface area contributed by atoms with Crippen LogP contribution in [0.4, 0.5) is 0 Å². The van der Waals surface area contributed by atoms with Gasteiger partial charge in [0, 0.05) is 0 Å². The number of hydrogen-bond acceptors (Lipinski definition) is 8. The molecule has 0 bridgehead atoms. The van der Waals surface area contributed by atoms with Crippen molar-refractivity contribution >= 4 is 45.2 Å². The smallest absolute Gasteiger partial charge is 0.345 e. The molecule has 10 heteroatoms. The molecule has 176 valence electrons. The van der Waals surface area contributed by atoms with E-state index in [9.17, 15) is 14.7 Å². The summed E-state index contributed by atoms with van der Waals surface area (Å²) in [4.78, 5) is 37.9. The molecule has 0 aliphatic carbocycles. The largest absolute Gasteiger partial charge is 0.510 e. The number of benzene rings is 2. The molecule has 0 amide bonds. The molecule has 2 aromatic carbocycles. The summed E-state index contributed by atoms with van der Waals surface area (Å²) in [6.45, 7) is 0.171. The zero-order valence-electron chi connectivity index (χ0n) is 18.6. The van der Waals surface area contributed by atoms with Gasteiger partial charge in [-0.15, -0.1) is 0 Å². The van der Waals surface area contributed by atoms with E-state index < -0.39 is 5.97 Å². The summed E-state index contributed by atoms with van der Waals surface area (Å²) in [6.07, 6.45) is 1.53. The SMILES string of the molecule is COC(=O)C(=C(O)CSc1nc2ccccc2c(=O)n1Cc1ccco1)c1nc2ccccc2[nH]1. The summed E-state index contributed by atoms with van der Waals surface area (Å²) in [6, 6.07) is 17.8. The van der Waals surface area contributed by atoms with E-state index in [0.29, 0.717) is 32.9 Å². The van der Waals surface area contributed by atoms with Crippen LogP contribution in [0, 0.1) is 0 Å². The van der Waals surface area contributed by atoms with Crippen LogP contribution in [0.5, 0.6) is 0 Å². The molecule has 0 radical (unpaired) electrons. The normalized spacial score (nSPS) is 12.1. The minimum atomic E-state index is -0.735. The lowest BCUT2D eigenvalue weighted by Crippen LogP contribution is -2.24. The molecule has 3 aromatic heterocycles. The fraction of sp³-hybridized carbons (Fsp3) is 0.120. The number of rotatable bonds is 7. The third-order valence-electron chi connectivity index (χ3n) is 5.36. The van der Waals surface area contributed by atoms with Gasteiger partial charge in [0.05, 0.1) is 47.6 Å². The molecular formula is C25H20N4O5S. The Balaban J connectivity index is 1.54. The molecule has 0 saturated heterocycles. The molecule has 0 saturated carbocycles. The lowest BCUT2D eigenvalue weighted by Gasteiger charge is -2.13. The number of nitrogens with one attached hydrogen (secondary N) is 1. The van der Waals surface area contributed by atoms with Crippen molar-refractivity contribution in [1.82, 2.24) is 19.5 Å². The number of hydrogen-bond donors (Lipinski definition) is 2. The third-order valence-corrected chi connectivity index (χ3v) is 6.35. The van der Waals surface area contributed by atoms with Crippen molar-refractivity contribution < 1.29 is 19.1 Å². The first-order valence-corrected chi connectivity index (χ1v) is 11.6. The van der Waals surface area contributed by atoms with Crippen molar-refractivity contribution in [2.75, 3.05) is 12.9 Å². The van der Waals surface area contributed by atoms with Crippen LogP contribution in [0.25, 0.3) is 27.5 Å². The van der Waals surface area contributed by atoms with Gasteiger partial charge < -0.3 is 19.2 Å². The van der Waals surface area contributed by atoms with E-state index in [1.54, 1.807) is 42.5 Å². The molecule has 0 unspecified atom stereocenters. The Hall–Kier alpha value is -4.31. The number of para-hydroxylation sites is 3. The number of fused-ring (bicyclic) bond motifs is 2. The summed E-state index contributed by atoms with van der Waals surface area (Å²) < 4.78 is 11.8. The lowest BCUT2D eigenvalue weighted by atomic mass is 10.2. The van der Waals surface area contributed by atoms with Crippen LogP contribution in [-0.2, 0) is 16.1 Å². The van der Waals surface area contributed by atoms with Gasteiger partial charge in [0.2, 0.25) is 0 Å². The quantitative estimate of drug-likeness (QED) is 0.115. The Morgan fingerprint density at radius 3 is 2.60 bits per heavy atom. The molecule has 0 spiro atoms. The van der Waals surface area contributed by atoms with Gasteiger partial charge in [0.1, 0.15) is 22.9 Å². The number of aliphatic hydroxyl groups excluding tert-OH is 1. The average Bonchev–Trinajstić information content (AvgIpc) is 3.54. The Labute approximate surface area is 203 Å². The first-order chi connectivity index (χ1) is 17.0. The third kappa shape index (κ3) is 4.43. The summed E-state index contributed by atoms with van der Waals surface area (Å²) in [5.41, 5.74) is 1.57. The van der Waals surface area contributed by atoms with Crippen LogP contribution < -0.4 is 5.56 Å². The van der Waals surface area contributed by atoms with Crippen LogP contribution in [0.15, 0.2) is 87.1 Å². The van der Waals surface area contributed by atoms with E-state index in [1.807, 2.05) is 18.2 Å². The van der Waals surface area contributed by atoms with Gasteiger partial charge in [-0.1, -0.05) is 36.0 Å². The highest BCUT2D eigenvalue weighted by Crippen LogP contribution is 2.26. The van der Waals surface area contributed by atoms with Crippen LogP contribution >= 0.6 is 11.8 Å². The maximum Gasteiger partial charge on any atom is 0.345 e. The van der Waals surface area contributed by atoms with E-state index in [2.05, 4.69) is 15.0 Å². The molecule has 0 fully saturated rings. The monoisotopic (exact) mass is 488 g/mol. The topological polar surface area (TPSA) is 123 Å². The van der Waals surface area contributed by atoms with E-state index in [-0.39, 0.29) is 35.0 Å². The van der Waals surface area contributed by atoms with Crippen molar-refractivity contribution in [3.63, 3.8) is 0 Å². The molecule has 0 atom stereocenters. The fourth-order valence-electron chi connectivity index (χ4n) is 3.69. The number of esters is 1. The molecule has 0 aliphatic rings. The molecule has 3 heterocycles. The molecule has 35 heavy (non-hydrogen) atoms. The average molecular weight is 489 g/mol. The van der Waals surface area contributed by atoms with Crippen LogP contribution in [0.1, 0.15) is 11.6 Å². The van der Waals surface area contributed by atoms with Gasteiger partial charge in [-0.2, -0.15) is 0 Å². The van der Waals surface area contributed by atoms with Crippen LogP contribution in [-0.4, -0.2) is 43.5 Å². The molecule has 2 N–H and O–H groups in total. The molecule has 9 nitrogen and oxygen atoms in total. The van der Waals surface area contributed by atoms with Crippen molar-refractivity contribution in [2.45, 2.75) is 11.7 Å². The number of thioether (sulfide) groups is 1. The minimum absolute atomic E-state index is 0.0512. The van der Waals surface area contributed by atoms with Gasteiger partial charge in [-0.05, 0) is 36.4 Å². The highest BCUT2D eigenvalue weighted by Gasteiger charge is 2.23. The predicted octanol–water partition coefficient (Wildman–Crippen LogP) is 4.15. The van der Waals surface area contributed by atoms with E-state index in [1.165, 1.54) is 17.9 Å². The van der Waals surface area contributed by atoms with Crippen molar-refractivity contribution in [1.29, 1.82) is 0 Å². The molecule has 5 aromatic rings. The number of aromatic amines is 1. The lowest BCUT2D eigenvalue weighted by molar-refractivity contribution is -0.133. The standard InChI is InChI=1S/C25H20N4O5S/c1-33-24(32)21(22-26-18-10-4-5-11-19(18)27-22)20(30)14-35-25-28-17-9-3-2-8-16(17)23(31)29(25)13-15-7-6-12-34-15/h2-12,30H,13-14H2,1H3,(H,26,27). The second-order valence-corrected chi connectivity index (χ2v) is 8.53. The first-order valence-electron chi connectivity index (χ1n) is 10.7. The Bertz CT molecular complexity index is 1590. The number of methoxy groups -OCH3 is 1. The Morgan fingerprint density at radius 1 is 1.09 bits per heavy atom. The summed E-state index contributed by atoms with van der Waals surface area (Å²) >= 11 is 1.12. The zero-order valence-corrected chi connectivity index (χ0v) is 19.4. The zero-order chi connectivity index (χ0) is 24.4. The van der Waals surface area contributed by atoms with Crippen molar-refractivity contribution in [3.8, 4) is 0 Å². The number of imidazole rings is 1. The van der Waals surface area contributed by atoms with Gasteiger partial charge in [-0.3, -0.25) is 9.36 Å². The first kappa shape index (κ1) is 22.5. The van der Waals surface area contributed by atoms with Crippen molar-refractivity contribution in [2.24, 2.45) is 0 Å². The number of aliphatic hydroxyl groups is 1.